The van der Waals surface area contributed by atoms with Crippen LogP contribution in [0.15, 0.2) is 42.5 Å². The number of hydrogen-bond donors (Lipinski definition) is 3. The molecule has 6 nitrogen and oxygen atoms in total. The zero-order valence-electron chi connectivity index (χ0n) is 19.5. The summed E-state index contributed by atoms with van der Waals surface area (Å²) in [7, 11) is 0. The molecule has 2 aliphatic rings. The lowest BCUT2D eigenvalue weighted by Gasteiger charge is -2.37. The fraction of sp³-hybridized carbons (Fsp3) is 0.500. The second-order valence-electron chi connectivity index (χ2n) is 8.59. The van der Waals surface area contributed by atoms with Crippen molar-refractivity contribution in [3.63, 3.8) is 0 Å². The van der Waals surface area contributed by atoms with Crippen molar-refractivity contribution in [3.05, 3.63) is 59.2 Å². The molecule has 3 unspecified atom stereocenters. The van der Waals surface area contributed by atoms with Gasteiger partial charge in [-0.15, -0.1) is 0 Å². The van der Waals surface area contributed by atoms with Crippen LogP contribution in [0.5, 0.6) is 5.75 Å². The highest BCUT2D eigenvalue weighted by Gasteiger charge is 2.40. The van der Waals surface area contributed by atoms with Crippen molar-refractivity contribution in [2.75, 3.05) is 44.6 Å². The molecule has 0 aliphatic carbocycles. The van der Waals surface area contributed by atoms with Crippen LogP contribution in [0.3, 0.4) is 0 Å². The number of nitrogens with one attached hydrogen (secondary N) is 3. The summed E-state index contributed by atoms with van der Waals surface area (Å²) in [5, 5.41) is 10.5. The van der Waals surface area contributed by atoms with Crippen molar-refractivity contribution in [1.82, 2.24) is 15.5 Å². The topological polar surface area (TPSA) is 65.6 Å². The van der Waals surface area contributed by atoms with Crippen LogP contribution in [0, 0.1) is 5.92 Å². The third-order valence-electron chi connectivity index (χ3n) is 6.82. The average Bonchev–Trinajstić information content (AvgIpc) is 3.32. The van der Waals surface area contributed by atoms with Gasteiger partial charge in [0.05, 0.1) is 12.6 Å². The number of anilines is 1. The molecule has 1 amide bonds. The fourth-order valence-electron chi connectivity index (χ4n) is 5.03. The smallest absolute Gasteiger partial charge is 0.251 e. The first kappa shape index (κ1) is 22.6. The number of nitrogens with zero attached hydrogens (tertiary/aromatic N) is 1. The lowest BCUT2D eigenvalue weighted by atomic mass is 9.80. The second kappa shape index (κ2) is 10.4. The molecule has 172 valence electrons. The largest absolute Gasteiger partial charge is 0.494 e. The van der Waals surface area contributed by atoms with E-state index < -0.39 is 0 Å². The third kappa shape index (κ3) is 4.76. The second-order valence-corrected chi connectivity index (χ2v) is 8.59. The molecule has 0 bridgehead atoms. The number of ether oxygens (including phenoxy) is 1. The van der Waals surface area contributed by atoms with Crippen LogP contribution in [0.2, 0.25) is 0 Å². The molecule has 4 rings (SSSR count). The van der Waals surface area contributed by atoms with Crippen LogP contribution in [-0.2, 0) is 0 Å². The van der Waals surface area contributed by atoms with Gasteiger partial charge in [-0.05, 0) is 74.4 Å². The summed E-state index contributed by atoms with van der Waals surface area (Å²) < 4.78 is 5.61. The number of likely N-dealkylation sites (N-methyl/N-ethyl adjacent to an activating group) is 1. The molecule has 2 aromatic rings. The Morgan fingerprint density at radius 2 is 1.88 bits per heavy atom. The number of fused-ring (bicyclic) bond motifs is 3. The van der Waals surface area contributed by atoms with Gasteiger partial charge in [0, 0.05) is 36.3 Å². The molecule has 3 atom stereocenters. The van der Waals surface area contributed by atoms with Gasteiger partial charge in [-0.25, -0.2) is 0 Å². The highest BCUT2D eigenvalue weighted by Crippen LogP contribution is 2.47. The van der Waals surface area contributed by atoms with Gasteiger partial charge in [-0.3, -0.25) is 4.79 Å². The van der Waals surface area contributed by atoms with Gasteiger partial charge in [-0.1, -0.05) is 26.0 Å². The number of hydrogen-bond acceptors (Lipinski definition) is 5. The molecule has 1 fully saturated rings. The highest BCUT2D eigenvalue weighted by atomic mass is 16.5. The minimum Gasteiger partial charge on any atom is -0.494 e. The van der Waals surface area contributed by atoms with E-state index in [1.165, 1.54) is 11.1 Å². The summed E-state index contributed by atoms with van der Waals surface area (Å²) in [5.41, 5.74) is 4.32. The Balaban J connectivity index is 1.49. The lowest BCUT2D eigenvalue weighted by Crippen LogP contribution is -2.35. The SMILES string of the molecule is CCOc1ccc(C2Nc3ccc(C(=O)NCCN(CC)CC)cc3C3NCCC23)cc1. The van der Waals surface area contributed by atoms with E-state index in [2.05, 4.69) is 71.1 Å². The molecule has 2 heterocycles. The standard InChI is InChI=1S/C26H36N4O2/c1-4-30(5-2)16-15-28-26(31)19-9-12-23-22(17-19)25-21(13-14-27-25)24(29-23)18-7-10-20(11-8-18)32-6-3/h7-12,17,21,24-25,27,29H,4-6,13-16H2,1-3H3,(H,28,31). The van der Waals surface area contributed by atoms with E-state index in [-0.39, 0.29) is 18.0 Å². The van der Waals surface area contributed by atoms with E-state index in [0.29, 0.717) is 19.1 Å². The maximum atomic E-state index is 12.8. The summed E-state index contributed by atoms with van der Waals surface area (Å²) in [6.45, 7) is 11.5. The number of carbonyl (C=O) groups excluding carboxylic acids is 1. The monoisotopic (exact) mass is 436 g/mol. The van der Waals surface area contributed by atoms with Crippen LogP contribution in [0.25, 0.3) is 0 Å². The van der Waals surface area contributed by atoms with Gasteiger partial charge in [0.15, 0.2) is 0 Å². The maximum absolute atomic E-state index is 12.8. The van der Waals surface area contributed by atoms with E-state index in [1.54, 1.807) is 0 Å². The molecule has 0 radical (unpaired) electrons. The Morgan fingerprint density at radius 1 is 1.09 bits per heavy atom. The van der Waals surface area contributed by atoms with Crippen molar-refractivity contribution in [2.45, 2.75) is 39.3 Å². The number of carbonyl (C=O) groups is 1. The van der Waals surface area contributed by atoms with Gasteiger partial charge < -0.3 is 25.6 Å². The van der Waals surface area contributed by atoms with Crippen LogP contribution in [0.1, 0.15) is 60.8 Å². The molecular weight excluding hydrogens is 400 g/mol. The highest BCUT2D eigenvalue weighted by molar-refractivity contribution is 5.95. The Labute approximate surface area is 191 Å². The molecule has 0 aromatic heterocycles. The Morgan fingerprint density at radius 3 is 2.59 bits per heavy atom. The van der Waals surface area contributed by atoms with Gasteiger partial charge in [0.25, 0.3) is 5.91 Å². The number of rotatable bonds is 9. The van der Waals surface area contributed by atoms with E-state index in [1.807, 2.05) is 13.0 Å². The van der Waals surface area contributed by atoms with Gasteiger partial charge in [-0.2, -0.15) is 0 Å². The maximum Gasteiger partial charge on any atom is 0.251 e. The zero-order chi connectivity index (χ0) is 22.5. The molecule has 32 heavy (non-hydrogen) atoms. The van der Waals surface area contributed by atoms with Crippen molar-refractivity contribution in [3.8, 4) is 5.75 Å². The molecule has 3 N–H and O–H groups in total. The first-order valence-corrected chi connectivity index (χ1v) is 12.0. The molecule has 2 aliphatic heterocycles. The fourth-order valence-corrected chi connectivity index (χ4v) is 5.03. The normalized spacial score (nSPS) is 21.6. The number of amides is 1. The Kier molecular flexibility index (Phi) is 7.33. The van der Waals surface area contributed by atoms with Crippen molar-refractivity contribution < 1.29 is 9.53 Å². The predicted octanol–water partition coefficient (Wildman–Crippen LogP) is 3.97. The first-order valence-electron chi connectivity index (χ1n) is 12.0. The van der Waals surface area contributed by atoms with Gasteiger partial charge in [0.2, 0.25) is 0 Å². The van der Waals surface area contributed by atoms with Crippen LogP contribution >= 0.6 is 0 Å². The van der Waals surface area contributed by atoms with Crippen molar-refractivity contribution in [2.24, 2.45) is 5.92 Å². The summed E-state index contributed by atoms with van der Waals surface area (Å²) in [5.74, 6) is 1.36. The predicted molar refractivity (Wildman–Crippen MR) is 129 cm³/mol. The Bertz CT molecular complexity index is 911. The minimum absolute atomic E-state index is 0.00291. The third-order valence-corrected chi connectivity index (χ3v) is 6.82. The van der Waals surface area contributed by atoms with E-state index in [4.69, 9.17) is 4.74 Å². The lowest BCUT2D eigenvalue weighted by molar-refractivity contribution is 0.0948. The van der Waals surface area contributed by atoms with E-state index in [0.717, 1.165) is 49.6 Å². The van der Waals surface area contributed by atoms with Crippen molar-refractivity contribution in [1.29, 1.82) is 0 Å². The Hall–Kier alpha value is -2.57. The summed E-state index contributed by atoms with van der Waals surface area (Å²) in [6.07, 6.45) is 1.11. The zero-order valence-corrected chi connectivity index (χ0v) is 19.5. The molecule has 6 heteroatoms. The van der Waals surface area contributed by atoms with Crippen LogP contribution in [-0.4, -0.2) is 50.1 Å². The van der Waals surface area contributed by atoms with Crippen LogP contribution in [0.4, 0.5) is 5.69 Å². The van der Waals surface area contributed by atoms with E-state index in [9.17, 15) is 4.79 Å². The summed E-state index contributed by atoms with van der Waals surface area (Å²) in [4.78, 5) is 15.1. The van der Waals surface area contributed by atoms with Gasteiger partial charge in [0.1, 0.15) is 5.75 Å². The molecule has 1 saturated heterocycles. The molecule has 2 aromatic carbocycles. The van der Waals surface area contributed by atoms with Gasteiger partial charge >= 0.3 is 0 Å². The first-order chi connectivity index (χ1) is 15.6. The van der Waals surface area contributed by atoms with Crippen LogP contribution < -0.4 is 20.7 Å². The van der Waals surface area contributed by atoms with E-state index >= 15 is 0 Å². The minimum atomic E-state index is 0.00291. The molecule has 0 spiro atoms. The molecule has 0 saturated carbocycles. The quantitative estimate of drug-likeness (QED) is 0.555. The van der Waals surface area contributed by atoms with Crippen molar-refractivity contribution >= 4 is 11.6 Å². The average molecular weight is 437 g/mol. The molecular formula is C26H36N4O2. The number of benzene rings is 2. The summed E-state index contributed by atoms with van der Waals surface area (Å²) in [6, 6.07) is 15.0. The summed E-state index contributed by atoms with van der Waals surface area (Å²) >= 11 is 0.